The van der Waals surface area contributed by atoms with Crippen molar-refractivity contribution in [2.45, 2.75) is 13.0 Å². The van der Waals surface area contributed by atoms with Gasteiger partial charge in [0.1, 0.15) is 5.00 Å². The third-order valence-corrected chi connectivity index (χ3v) is 4.60. The summed E-state index contributed by atoms with van der Waals surface area (Å²) in [5.41, 5.74) is 1.01. The first kappa shape index (κ1) is 14.5. The van der Waals surface area contributed by atoms with E-state index in [1.54, 1.807) is 17.5 Å². The van der Waals surface area contributed by atoms with Crippen LogP contribution in [0.5, 0.6) is 0 Å². The molecule has 0 aliphatic rings. The number of hydrogen-bond donors (Lipinski definition) is 0. The number of Topliss-reactive ketones (excluding diaryl/α,β-unsaturated/α-hetero) is 1. The predicted octanol–water partition coefficient (Wildman–Crippen LogP) is 3.64. The number of carbonyl (C=O) groups excluding carboxylic acids is 1. The van der Waals surface area contributed by atoms with Gasteiger partial charge in [0.2, 0.25) is 5.78 Å². The minimum absolute atomic E-state index is 0.00440. The number of carbonyl (C=O) groups is 1. The Kier molecular flexibility index (Phi) is 4.06. The highest BCUT2D eigenvalue weighted by molar-refractivity contribution is 7.12. The Morgan fingerprint density at radius 2 is 2.00 bits per heavy atom. The molecule has 2 heterocycles. The van der Waals surface area contributed by atoms with E-state index >= 15 is 0 Å². The molecule has 3 aromatic rings. The molecule has 0 N–H and O–H groups in total. The molecule has 0 spiro atoms. The molecule has 0 aliphatic heterocycles. The smallest absolute Gasteiger partial charge is 0.220 e. The molecule has 4 nitrogen and oxygen atoms in total. The maximum atomic E-state index is 12.8. The van der Waals surface area contributed by atoms with Gasteiger partial charge in [0.25, 0.3) is 0 Å². The fraction of sp³-hybridized carbons (Fsp3) is 0.176. The highest BCUT2D eigenvalue weighted by Crippen LogP contribution is 2.20. The van der Waals surface area contributed by atoms with Gasteiger partial charge in [0.15, 0.2) is 5.82 Å². The van der Waals surface area contributed by atoms with Crippen LogP contribution in [0.3, 0.4) is 0 Å². The van der Waals surface area contributed by atoms with Gasteiger partial charge in [-0.2, -0.15) is 0 Å². The van der Waals surface area contributed by atoms with E-state index in [4.69, 9.17) is 0 Å². The van der Waals surface area contributed by atoms with Gasteiger partial charge in [-0.25, -0.2) is 4.98 Å². The lowest BCUT2D eigenvalue weighted by molar-refractivity contribution is 0.0954. The van der Waals surface area contributed by atoms with E-state index in [-0.39, 0.29) is 11.8 Å². The Morgan fingerprint density at radius 3 is 2.68 bits per heavy atom. The third kappa shape index (κ3) is 2.67. The number of likely N-dealkylation sites (N-methyl/N-ethyl adjacent to an activating group) is 1. The predicted molar refractivity (Wildman–Crippen MR) is 90.1 cm³/mol. The van der Waals surface area contributed by atoms with Crippen LogP contribution in [0.2, 0.25) is 0 Å². The minimum Gasteiger partial charge on any atom is -0.364 e. The average Bonchev–Trinajstić information content (AvgIpc) is 3.24. The summed E-state index contributed by atoms with van der Waals surface area (Å²) in [5, 5.41) is 2.98. The summed E-state index contributed by atoms with van der Waals surface area (Å²) in [5.74, 6) is 0.475. The van der Waals surface area contributed by atoms with Crippen molar-refractivity contribution in [2.24, 2.45) is 0 Å². The lowest BCUT2D eigenvalue weighted by Gasteiger charge is -2.25. The van der Waals surface area contributed by atoms with Crippen molar-refractivity contribution in [3.8, 4) is 5.00 Å². The second-order valence-corrected chi connectivity index (χ2v) is 5.98. The molecule has 1 aromatic carbocycles. The van der Waals surface area contributed by atoms with Gasteiger partial charge in [0.05, 0.1) is 6.04 Å². The zero-order chi connectivity index (χ0) is 15.5. The van der Waals surface area contributed by atoms with Gasteiger partial charge in [-0.15, -0.1) is 11.3 Å². The normalized spacial score (nSPS) is 12.1. The summed E-state index contributed by atoms with van der Waals surface area (Å²) in [4.78, 5) is 19.0. The number of benzene rings is 1. The first-order valence-electron chi connectivity index (χ1n) is 7.08. The number of anilines is 1. The summed E-state index contributed by atoms with van der Waals surface area (Å²) in [6, 6.07) is 13.6. The minimum atomic E-state index is -0.288. The molecule has 0 bridgehead atoms. The summed E-state index contributed by atoms with van der Waals surface area (Å²) >= 11 is 1.59. The van der Waals surface area contributed by atoms with Gasteiger partial charge in [0, 0.05) is 25.1 Å². The van der Waals surface area contributed by atoms with E-state index in [0.29, 0.717) is 5.82 Å². The van der Waals surface area contributed by atoms with Gasteiger partial charge in [-0.3, -0.25) is 9.36 Å². The number of hydrogen-bond acceptors (Lipinski definition) is 4. The molecule has 1 atom stereocenters. The summed E-state index contributed by atoms with van der Waals surface area (Å²) in [7, 11) is 1.93. The Hall–Kier alpha value is -2.40. The topological polar surface area (TPSA) is 38.1 Å². The number of para-hydroxylation sites is 1. The van der Waals surface area contributed by atoms with Crippen LogP contribution in [0.1, 0.15) is 17.5 Å². The Bertz CT molecular complexity index is 749. The zero-order valence-electron chi connectivity index (χ0n) is 12.5. The number of ketones is 1. The molecule has 0 fully saturated rings. The van der Waals surface area contributed by atoms with Gasteiger partial charge in [-0.1, -0.05) is 18.2 Å². The molecule has 0 aliphatic carbocycles. The average molecular weight is 311 g/mol. The van der Waals surface area contributed by atoms with Crippen molar-refractivity contribution in [1.82, 2.24) is 9.55 Å². The standard InChI is InChI=1S/C17H17N3OS/c1-13(19(2)14-7-4-3-5-8-14)16(21)17-18-10-11-20(17)15-9-6-12-22-15/h3-13H,1-2H3/t13-/m0/s1. The molecule has 22 heavy (non-hydrogen) atoms. The van der Waals surface area contributed by atoms with Crippen molar-refractivity contribution in [2.75, 3.05) is 11.9 Å². The Labute approximate surface area is 133 Å². The van der Waals surface area contributed by atoms with Crippen molar-refractivity contribution in [3.05, 3.63) is 66.1 Å². The van der Waals surface area contributed by atoms with Crippen molar-refractivity contribution in [1.29, 1.82) is 0 Å². The molecule has 2 aromatic heterocycles. The number of rotatable bonds is 5. The summed E-state index contributed by atoms with van der Waals surface area (Å²) in [6.07, 6.45) is 3.50. The highest BCUT2D eigenvalue weighted by Gasteiger charge is 2.24. The number of nitrogens with zero attached hydrogens (tertiary/aromatic N) is 3. The van der Waals surface area contributed by atoms with Crippen LogP contribution in [0, 0.1) is 0 Å². The van der Waals surface area contributed by atoms with E-state index in [9.17, 15) is 4.79 Å². The van der Waals surface area contributed by atoms with E-state index in [0.717, 1.165) is 10.7 Å². The lowest BCUT2D eigenvalue weighted by Crippen LogP contribution is -2.37. The van der Waals surface area contributed by atoms with Crippen molar-refractivity contribution >= 4 is 22.8 Å². The van der Waals surface area contributed by atoms with Crippen LogP contribution in [0.4, 0.5) is 5.69 Å². The molecule has 3 rings (SSSR count). The number of thiophene rings is 1. The van der Waals surface area contributed by atoms with Crippen LogP contribution < -0.4 is 4.90 Å². The van der Waals surface area contributed by atoms with Crippen molar-refractivity contribution in [3.63, 3.8) is 0 Å². The fourth-order valence-electron chi connectivity index (χ4n) is 2.32. The molecule has 0 amide bonds. The number of imidazole rings is 1. The molecule has 0 saturated carbocycles. The highest BCUT2D eigenvalue weighted by atomic mass is 32.1. The maximum Gasteiger partial charge on any atom is 0.220 e. The quantitative estimate of drug-likeness (QED) is 0.675. The second kappa shape index (κ2) is 6.15. The maximum absolute atomic E-state index is 12.8. The van der Waals surface area contributed by atoms with E-state index in [2.05, 4.69) is 4.98 Å². The van der Waals surface area contributed by atoms with Gasteiger partial charge < -0.3 is 4.90 Å². The summed E-state index contributed by atoms with van der Waals surface area (Å²) < 4.78 is 1.85. The summed E-state index contributed by atoms with van der Waals surface area (Å²) in [6.45, 7) is 1.91. The van der Waals surface area contributed by atoms with Gasteiger partial charge >= 0.3 is 0 Å². The lowest BCUT2D eigenvalue weighted by atomic mass is 10.1. The molecule has 0 radical (unpaired) electrons. The second-order valence-electron chi connectivity index (χ2n) is 5.06. The van der Waals surface area contributed by atoms with Gasteiger partial charge in [-0.05, 0) is 36.6 Å². The van der Waals surface area contributed by atoms with Crippen LogP contribution >= 0.6 is 11.3 Å². The zero-order valence-corrected chi connectivity index (χ0v) is 13.3. The molecular weight excluding hydrogens is 294 g/mol. The van der Waals surface area contributed by atoms with Crippen LogP contribution in [-0.4, -0.2) is 28.4 Å². The molecule has 5 heteroatoms. The molecule has 0 unspecified atom stereocenters. The fourth-order valence-corrected chi connectivity index (χ4v) is 3.03. The first-order valence-corrected chi connectivity index (χ1v) is 7.96. The Balaban J connectivity index is 1.87. The van der Waals surface area contributed by atoms with Crippen LogP contribution in [0.15, 0.2) is 60.2 Å². The Morgan fingerprint density at radius 1 is 1.23 bits per heavy atom. The van der Waals surface area contributed by atoms with E-state index in [1.165, 1.54) is 0 Å². The first-order chi connectivity index (χ1) is 10.7. The monoisotopic (exact) mass is 311 g/mol. The third-order valence-electron chi connectivity index (χ3n) is 3.73. The molecular formula is C17H17N3OS. The molecule has 112 valence electrons. The van der Waals surface area contributed by atoms with E-state index in [1.807, 2.05) is 77.5 Å². The van der Waals surface area contributed by atoms with Crippen molar-refractivity contribution < 1.29 is 4.79 Å². The molecule has 0 saturated heterocycles. The van der Waals surface area contributed by atoms with Crippen LogP contribution in [-0.2, 0) is 0 Å². The largest absolute Gasteiger partial charge is 0.364 e. The number of aromatic nitrogens is 2. The van der Waals surface area contributed by atoms with E-state index < -0.39 is 0 Å². The van der Waals surface area contributed by atoms with Crippen LogP contribution in [0.25, 0.3) is 5.00 Å². The SMILES string of the molecule is C[C@@H](C(=O)c1nccn1-c1cccs1)N(C)c1ccccc1.